The smallest absolute Gasteiger partial charge is 0.201 e. The molecule has 1 N–H and O–H groups in total. The highest BCUT2D eigenvalue weighted by Crippen LogP contribution is 2.18. The fourth-order valence-electron chi connectivity index (χ4n) is 1.03. The van der Waals surface area contributed by atoms with Gasteiger partial charge in [-0.2, -0.15) is 0 Å². The second-order valence-corrected chi connectivity index (χ2v) is 4.12. The van der Waals surface area contributed by atoms with Gasteiger partial charge in [0.25, 0.3) is 0 Å². The summed E-state index contributed by atoms with van der Waals surface area (Å²) < 4.78 is 0. The Kier molecular flexibility index (Phi) is 5.33. The summed E-state index contributed by atoms with van der Waals surface area (Å²) >= 11 is 1.68. The molecule has 0 heterocycles. The molecule has 1 rings (SSSR count). The predicted octanol–water partition coefficient (Wildman–Crippen LogP) is 2.03. The van der Waals surface area contributed by atoms with Crippen molar-refractivity contribution in [3.63, 3.8) is 0 Å². The van der Waals surface area contributed by atoms with Crippen LogP contribution in [0.15, 0.2) is 35.2 Å². The minimum Gasteiger partial charge on any atom is -0.393 e. The topological polar surface area (TPSA) is 37.3 Å². The van der Waals surface area contributed by atoms with Crippen LogP contribution in [0.1, 0.15) is 12.8 Å². The molecule has 1 aromatic carbocycles. The van der Waals surface area contributed by atoms with Gasteiger partial charge in [-0.25, -0.2) is 0 Å². The Bertz CT molecular complexity index is 261. The molecule has 0 amide bonds. The van der Waals surface area contributed by atoms with E-state index in [9.17, 15) is 9.90 Å². The zero-order chi connectivity index (χ0) is 10.2. The third kappa shape index (κ3) is 4.44. The van der Waals surface area contributed by atoms with Crippen molar-refractivity contribution in [3.8, 4) is 0 Å². The molecule has 0 aliphatic carbocycles. The van der Waals surface area contributed by atoms with Crippen molar-refractivity contribution in [3.05, 3.63) is 30.3 Å². The van der Waals surface area contributed by atoms with Gasteiger partial charge in [0.05, 0.1) is 6.10 Å². The minimum atomic E-state index is -0.538. The Morgan fingerprint density at radius 3 is 2.71 bits per heavy atom. The molecule has 1 atom stereocenters. The van der Waals surface area contributed by atoms with Crippen molar-refractivity contribution in [1.29, 1.82) is 0 Å². The first-order valence-corrected chi connectivity index (χ1v) is 5.52. The number of hydrogen-bond donors (Lipinski definition) is 1. The summed E-state index contributed by atoms with van der Waals surface area (Å²) in [5.74, 6) is 0.826. The number of carbonyl (C=O) groups excluding carboxylic acids is 1. The van der Waals surface area contributed by atoms with Crippen LogP contribution in [-0.4, -0.2) is 23.2 Å². The third-order valence-electron chi connectivity index (χ3n) is 1.78. The van der Waals surface area contributed by atoms with Crippen LogP contribution in [0, 0.1) is 0 Å². The van der Waals surface area contributed by atoms with Gasteiger partial charge in [0.1, 0.15) is 0 Å². The maximum absolute atomic E-state index is 9.96. The molecular weight excluding hydrogens is 196 g/mol. The Hall–Kier alpha value is -0.800. The zero-order valence-electron chi connectivity index (χ0n) is 7.85. The van der Waals surface area contributed by atoms with E-state index < -0.39 is 6.10 Å². The molecule has 0 aromatic heterocycles. The van der Waals surface area contributed by atoms with Gasteiger partial charge < -0.3 is 5.11 Å². The van der Waals surface area contributed by atoms with Gasteiger partial charge in [-0.05, 0) is 18.6 Å². The molecule has 0 unspecified atom stereocenters. The van der Waals surface area contributed by atoms with Crippen molar-refractivity contribution in [2.45, 2.75) is 23.8 Å². The average molecular weight is 209 g/mol. The molecule has 3 heteroatoms. The molecule has 0 spiro atoms. The third-order valence-corrected chi connectivity index (χ3v) is 2.83. The van der Waals surface area contributed by atoms with E-state index in [-0.39, 0.29) is 6.42 Å². The first-order valence-electron chi connectivity index (χ1n) is 4.54. The molecular formula is C11H13O2S. The van der Waals surface area contributed by atoms with Gasteiger partial charge in [-0.1, -0.05) is 18.2 Å². The van der Waals surface area contributed by atoms with Crippen LogP contribution in [0.5, 0.6) is 0 Å². The lowest BCUT2D eigenvalue weighted by atomic mass is 10.2. The van der Waals surface area contributed by atoms with Crippen molar-refractivity contribution in [2.75, 3.05) is 5.75 Å². The average Bonchev–Trinajstić information content (AvgIpc) is 2.20. The van der Waals surface area contributed by atoms with Crippen molar-refractivity contribution in [2.24, 2.45) is 0 Å². The van der Waals surface area contributed by atoms with Gasteiger partial charge in [0.2, 0.25) is 6.29 Å². The molecule has 0 fully saturated rings. The van der Waals surface area contributed by atoms with Crippen LogP contribution in [0.2, 0.25) is 0 Å². The van der Waals surface area contributed by atoms with Crippen LogP contribution in [0.4, 0.5) is 0 Å². The Morgan fingerprint density at radius 2 is 2.07 bits per heavy atom. The highest BCUT2D eigenvalue weighted by atomic mass is 32.2. The summed E-state index contributed by atoms with van der Waals surface area (Å²) in [5, 5.41) is 9.25. The highest BCUT2D eigenvalue weighted by Gasteiger charge is 2.03. The summed E-state index contributed by atoms with van der Waals surface area (Å²) in [6, 6.07) is 10.0. The molecule has 1 radical (unpaired) electrons. The first kappa shape index (κ1) is 11.3. The van der Waals surface area contributed by atoms with E-state index >= 15 is 0 Å². The fraction of sp³-hybridized carbons (Fsp3) is 0.364. The van der Waals surface area contributed by atoms with E-state index in [4.69, 9.17) is 0 Å². The summed E-state index contributed by atoms with van der Waals surface area (Å²) in [5.41, 5.74) is 0. The summed E-state index contributed by atoms with van der Waals surface area (Å²) in [6.45, 7) is 0. The van der Waals surface area contributed by atoms with Crippen LogP contribution < -0.4 is 0 Å². The molecule has 0 aliphatic rings. The second-order valence-electron chi connectivity index (χ2n) is 2.95. The van der Waals surface area contributed by atoms with E-state index in [0.29, 0.717) is 6.42 Å². The largest absolute Gasteiger partial charge is 0.393 e. The molecule has 0 aliphatic heterocycles. The Labute approximate surface area is 88.3 Å². The lowest BCUT2D eigenvalue weighted by molar-refractivity contribution is 0.178. The van der Waals surface area contributed by atoms with Gasteiger partial charge in [0, 0.05) is 17.1 Å². The lowest BCUT2D eigenvalue weighted by Crippen LogP contribution is -2.07. The zero-order valence-corrected chi connectivity index (χ0v) is 8.67. The molecule has 75 valence electrons. The fourth-order valence-corrected chi connectivity index (χ4v) is 2.00. The SMILES string of the molecule is O=[C]C[C@@H](O)CCSc1ccccc1. The van der Waals surface area contributed by atoms with Gasteiger partial charge in [-0.15, -0.1) is 11.8 Å². The summed E-state index contributed by atoms with van der Waals surface area (Å²) in [6.07, 6.45) is 1.92. The number of rotatable bonds is 6. The standard InChI is InChI=1S/C11H13O2S/c12-8-6-10(13)7-9-14-11-4-2-1-3-5-11/h1-5,10,13H,6-7,9H2/t10-/m1/s1. The van der Waals surface area contributed by atoms with Crippen LogP contribution in [0.25, 0.3) is 0 Å². The van der Waals surface area contributed by atoms with E-state index in [1.54, 1.807) is 18.0 Å². The lowest BCUT2D eigenvalue weighted by Gasteiger charge is -2.05. The van der Waals surface area contributed by atoms with Crippen molar-refractivity contribution < 1.29 is 9.90 Å². The van der Waals surface area contributed by atoms with E-state index in [1.807, 2.05) is 30.3 Å². The maximum atomic E-state index is 9.96. The first-order chi connectivity index (χ1) is 6.83. The quantitative estimate of drug-likeness (QED) is 0.728. The van der Waals surface area contributed by atoms with Gasteiger partial charge in [0.15, 0.2) is 0 Å². The molecule has 1 aromatic rings. The number of hydrogen-bond acceptors (Lipinski definition) is 3. The van der Waals surface area contributed by atoms with Gasteiger partial charge in [-0.3, -0.25) is 4.79 Å². The van der Waals surface area contributed by atoms with E-state index in [0.717, 1.165) is 5.75 Å². The van der Waals surface area contributed by atoms with E-state index in [1.165, 1.54) is 4.90 Å². The number of aliphatic hydroxyl groups is 1. The molecule has 2 nitrogen and oxygen atoms in total. The van der Waals surface area contributed by atoms with Crippen LogP contribution >= 0.6 is 11.8 Å². The van der Waals surface area contributed by atoms with Crippen molar-refractivity contribution >= 4 is 18.0 Å². The molecule has 0 saturated heterocycles. The monoisotopic (exact) mass is 209 g/mol. The van der Waals surface area contributed by atoms with Crippen molar-refractivity contribution in [1.82, 2.24) is 0 Å². The molecule has 0 bridgehead atoms. The summed E-state index contributed by atoms with van der Waals surface area (Å²) in [4.78, 5) is 11.1. The number of aliphatic hydroxyl groups excluding tert-OH is 1. The van der Waals surface area contributed by atoms with Crippen LogP contribution in [-0.2, 0) is 4.79 Å². The Balaban J connectivity index is 2.18. The Morgan fingerprint density at radius 1 is 1.36 bits per heavy atom. The van der Waals surface area contributed by atoms with Gasteiger partial charge >= 0.3 is 0 Å². The second kappa shape index (κ2) is 6.62. The number of benzene rings is 1. The molecule has 14 heavy (non-hydrogen) atoms. The summed E-state index contributed by atoms with van der Waals surface area (Å²) in [7, 11) is 0. The predicted molar refractivity (Wildman–Crippen MR) is 58.1 cm³/mol. The normalized spacial score (nSPS) is 12.4. The highest BCUT2D eigenvalue weighted by molar-refractivity contribution is 7.99. The van der Waals surface area contributed by atoms with E-state index in [2.05, 4.69) is 0 Å². The minimum absolute atomic E-state index is 0.120. The maximum Gasteiger partial charge on any atom is 0.201 e. The van der Waals surface area contributed by atoms with Crippen LogP contribution in [0.3, 0.4) is 0 Å². The molecule has 0 saturated carbocycles. The number of thioether (sulfide) groups is 1.